The summed E-state index contributed by atoms with van der Waals surface area (Å²) in [7, 11) is -3.62. The minimum atomic E-state index is -3.62. The summed E-state index contributed by atoms with van der Waals surface area (Å²) in [6.07, 6.45) is 2.60. The van der Waals surface area contributed by atoms with E-state index in [2.05, 4.69) is 63.6 Å². The summed E-state index contributed by atoms with van der Waals surface area (Å²) in [5.74, 6) is 0.167. The molecule has 2 saturated heterocycles. The van der Waals surface area contributed by atoms with Crippen LogP contribution in [0.2, 0.25) is 0 Å². The molecular formula is C26H36N6O3S. The van der Waals surface area contributed by atoms with E-state index in [-0.39, 0.29) is 5.91 Å². The number of nitrogens with one attached hydrogen (secondary N) is 1. The van der Waals surface area contributed by atoms with Gasteiger partial charge in [0.25, 0.3) is 10.2 Å². The summed E-state index contributed by atoms with van der Waals surface area (Å²) < 4.78 is 24.2. The van der Waals surface area contributed by atoms with Crippen molar-refractivity contribution in [2.75, 3.05) is 69.1 Å². The van der Waals surface area contributed by atoms with Gasteiger partial charge in [0.1, 0.15) is 0 Å². The van der Waals surface area contributed by atoms with Crippen LogP contribution in [0.4, 0.5) is 11.4 Å². The Balaban J connectivity index is 1.03. The molecule has 0 aromatic heterocycles. The summed E-state index contributed by atoms with van der Waals surface area (Å²) >= 11 is 0. The summed E-state index contributed by atoms with van der Waals surface area (Å²) in [5.41, 5.74) is 5.23. The van der Waals surface area contributed by atoms with E-state index in [1.165, 1.54) is 21.1 Å². The molecule has 0 atom stereocenters. The first-order valence-electron chi connectivity index (χ1n) is 12.8. The van der Waals surface area contributed by atoms with Crippen molar-refractivity contribution in [1.29, 1.82) is 0 Å². The molecule has 10 heteroatoms. The van der Waals surface area contributed by atoms with Crippen LogP contribution in [0.5, 0.6) is 0 Å². The zero-order valence-electron chi connectivity index (χ0n) is 20.7. The fourth-order valence-corrected chi connectivity index (χ4v) is 6.17. The molecule has 2 fully saturated rings. The van der Waals surface area contributed by atoms with E-state index in [9.17, 15) is 13.2 Å². The maximum Gasteiger partial charge on any atom is 0.276 e. The predicted molar refractivity (Wildman–Crippen MR) is 142 cm³/mol. The van der Waals surface area contributed by atoms with Crippen LogP contribution in [0.1, 0.15) is 17.5 Å². The second-order valence-corrected chi connectivity index (χ2v) is 11.5. The normalized spacial score (nSPS) is 19.9. The van der Waals surface area contributed by atoms with E-state index < -0.39 is 10.2 Å². The number of hydrogen-bond donors (Lipinski definition) is 2. The smallest absolute Gasteiger partial charge is 0.276 e. The van der Waals surface area contributed by atoms with E-state index in [0.717, 1.165) is 44.7 Å². The van der Waals surface area contributed by atoms with Crippen LogP contribution in [-0.2, 0) is 27.8 Å². The van der Waals surface area contributed by atoms with Gasteiger partial charge in [-0.2, -0.15) is 12.7 Å². The van der Waals surface area contributed by atoms with Crippen molar-refractivity contribution in [1.82, 2.24) is 14.1 Å². The van der Waals surface area contributed by atoms with Gasteiger partial charge in [-0.1, -0.05) is 24.3 Å². The van der Waals surface area contributed by atoms with Crippen molar-refractivity contribution in [3.8, 4) is 0 Å². The fraction of sp³-hybridized carbons (Fsp3) is 0.500. The van der Waals surface area contributed by atoms with Crippen molar-refractivity contribution in [2.24, 2.45) is 5.14 Å². The van der Waals surface area contributed by atoms with Gasteiger partial charge < -0.3 is 20.0 Å². The first-order valence-corrected chi connectivity index (χ1v) is 14.3. The van der Waals surface area contributed by atoms with Gasteiger partial charge in [-0.15, -0.1) is 0 Å². The Morgan fingerprint density at radius 1 is 0.861 bits per heavy atom. The van der Waals surface area contributed by atoms with Gasteiger partial charge in [0.15, 0.2) is 0 Å². The van der Waals surface area contributed by atoms with E-state index in [1.807, 2.05) is 4.90 Å². The highest BCUT2D eigenvalue weighted by molar-refractivity contribution is 7.86. The first-order chi connectivity index (χ1) is 17.3. The third-order valence-corrected chi connectivity index (χ3v) is 8.70. The van der Waals surface area contributed by atoms with Gasteiger partial charge in [0, 0.05) is 82.7 Å². The molecule has 2 heterocycles. The Morgan fingerprint density at radius 3 is 2.06 bits per heavy atom. The minimum absolute atomic E-state index is 0.167. The lowest BCUT2D eigenvalue weighted by molar-refractivity contribution is -0.131. The third kappa shape index (κ3) is 6.00. The minimum Gasteiger partial charge on any atom is -0.382 e. The molecule has 2 aromatic rings. The number of piperazine rings is 2. The zero-order valence-corrected chi connectivity index (χ0v) is 21.5. The maximum absolute atomic E-state index is 12.7. The molecule has 194 valence electrons. The molecule has 0 unspecified atom stereocenters. The summed E-state index contributed by atoms with van der Waals surface area (Å²) in [5, 5.41) is 8.87. The standard InChI is InChI=1S/C26H36N6O3S/c27-36(34,35)32-17-11-29(12-18-32)10-9-26(33)31-15-13-30(14-16-31)25-7-5-23(6-8-25)28-24-19-21-3-1-2-4-22(21)20-24/h1-8,24,28H,9-20H2,(H2,27,34,35). The van der Waals surface area contributed by atoms with Crippen LogP contribution >= 0.6 is 0 Å². The van der Waals surface area contributed by atoms with Crippen LogP contribution < -0.4 is 15.4 Å². The number of hydrogen-bond acceptors (Lipinski definition) is 6. The Labute approximate surface area is 214 Å². The molecule has 3 N–H and O–H groups in total. The molecule has 1 amide bonds. The van der Waals surface area contributed by atoms with Crippen LogP contribution in [0, 0.1) is 0 Å². The van der Waals surface area contributed by atoms with Gasteiger partial charge in [0.05, 0.1) is 0 Å². The van der Waals surface area contributed by atoms with E-state index in [4.69, 9.17) is 5.14 Å². The van der Waals surface area contributed by atoms with E-state index >= 15 is 0 Å². The quantitative estimate of drug-likeness (QED) is 0.577. The lowest BCUT2D eigenvalue weighted by atomic mass is 10.1. The number of carbonyl (C=O) groups excluding carboxylic acids is 1. The molecule has 1 aliphatic carbocycles. The number of amides is 1. The summed E-state index contributed by atoms with van der Waals surface area (Å²) in [6, 6.07) is 17.8. The molecule has 0 radical (unpaired) electrons. The van der Waals surface area contributed by atoms with Crippen molar-refractivity contribution in [3.63, 3.8) is 0 Å². The molecule has 9 nitrogen and oxygen atoms in total. The fourth-order valence-electron chi connectivity index (χ4n) is 5.50. The maximum atomic E-state index is 12.7. The molecule has 3 aliphatic rings. The lowest BCUT2D eigenvalue weighted by Crippen LogP contribution is -2.52. The second-order valence-electron chi connectivity index (χ2n) is 9.97. The molecule has 0 spiro atoms. The highest BCUT2D eigenvalue weighted by Gasteiger charge is 2.26. The number of fused-ring (bicyclic) bond motifs is 1. The van der Waals surface area contributed by atoms with Crippen molar-refractivity contribution < 1.29 is 13.2 Å². The predicted octanol–water partition coefficient (Wildman–Crippen LogP) is 1.13. The van der Waals surface area contributed by atoms with Crippen molar-refractivity contribution in [2.45, 2.75) is 25.3 Å². The number of carbonyl (C=O) groups is 1. The number of benzene rings is 2. The molecule has 5 rings (SSSR count). The highest BCUT2D eigenvalue weighted by atomic mass is 32.2. The largest absolute Gasteiger partial charge is 0.382 e. The summed E-state index contributed by atoms with van der Waals surface area (Å²) in [6.45, 7) is 5.72. The van der Waals surface area contributed by atoms with Gasteiger partial charge in [-0.05, 0) is 48.2 Å². The van der Waals surface area contributed by atoms with Crippen molar-refractivity contribution >= 4 is 27.5 Å². The number of nitrogens with zero attached hydrogens (tertiary/aromatic N) is 4. The molecule has 2 aliphatic heterocycles. The Kier molecular flexibility index (Phi) is 7.47. The highest BCUT2D eigenvalue weighted by Crippen LogP contribution is 2.26. The van der Waals surface area contributed by atoms with Crippen LogP contribution in [0.15, 0.2) is 48.5 Å². The van der Waals surface area contributed by atoms with E-state index in [0.29, 0.717) is 45.2 Å². The van der Waals surface area contributed by atoms with E-state index in [1.54, 1.807) is 0 Å². The lowest BCUT2D eigenvalue weighted by Gasteiger charge is -2.37. The van der Waals surface area contributed by atoms with Gasteiger partial charge in [-0.25, -0.2) is 5.14 Å². The van der Waals surface area contributed by atoms with Crippen LogP contribution in [-0.4, -0.2) is 93.4 Å². The molecule has 0 saturated carbocycles. The Bertz CT molecular complexity index is 1130. The number of anilines is 2. The Hall–Kier alpha value is -2.66. The monoisotopic (exact) mass is 512 g/mol. The SMILES string of the molecule is NS(=O)(=O)N1CCN(CCC(=O)N2CCN(c3ccc(NC4Cc5ccccc5C4)cc3)CC2)CC1. The van der Waals surface area contributed by atoms with Gasteiger partial charge >= 0.3 is 0 Å². The van der Waals surface area contributed by atoms with Crippen LogP contribution in [0.3, 0.4) is 0 Å². The summed E-state index contributed by atoms with van der Waals surface area (Å²) in [4.78, 5) is 19.2. The molecular weight excluding hydrogens is 476 g/mol. The molecule has 0 bridgehead atoms. The topological polar surface area (TPSA) is 102 Å². The molecule has 36 heavy (non-hydrogen) atoms. The number of rotatable bonds is 7. The number of nitrogens with two attached hydrogens (primary N) is 1. The average molecular weight is 513 g/mol. The van der Waals surface area contributed by atoms with Crippen LogP contribution in [0.25, 0.3) is 0 Å². The van der Waals surface area contributed by atoms with Crippen molar-refractivity contribution in [3.05, 3.63) is 59.7 Å². The average Bonchev–Trinajstić information content (AvgIpc) is 3.30. The Morgan fingerprint density at radius 2 is 1.47 bits per heavy atom. The zero-order chi connectivity index (χ0) is 25.1. The third-order valence-electron chi connectivity index (χ3n) is 7.62. The van der Waals surface area contributed by atoms with Gasteiger partial charge in [-0.3, -0.25) is 4.79 Å². The van der Waals surface area contributed by atoms with Gasteiger partial charge in [0.2, 0.25) is 5.91 Å². The molecule has 2 aromatic carbocycles. The second kappa shape index (κ2) is 10.8. The first kappa shape index (κ1) is 25.0.